The highest BCUT2D eigenvalue weighted by Gasteiger charge is 2.07. The van der Waals surface area contributed by atoms with Crippen molar-refractivity contribution >= 4 is 5.78 Å². The number of ketones is 1. The number of rotatable bonds is 5. The number of carbonyl (C=O) groups excluding carboxylic acids is 1. The van der Waals surface area contributed by atoms with E-state index in [1.807, 2.05) is 24.3 Å². The van der Waals surface area contributed by atoms with E-state index in [1.165, 1.54) is 27.8 Å². The lowest BCUT2D eigenvalue weighted by Gasteiger charge is -2.10. The fourth-order valence-corrected chi connectivity index (χ4v) is 4.18. The van der Waals surface area contributed by atoms with Crippen LogP contribution in [0.3, 0.4) is 0 Å². The highest BCUT2D eigenvalue weighted by Crippen LogP contribution is 2.31. The lowest BCUT2D eigenvalue weighted by Crippen LogP contribution is -1.91. The predicted octanol–water partition coefficient (Wildman–Crippen LogP) is 8.56. The quantitative estimate of drug-likeness (QED) is 0.258. The second kappa shape index (κ2) is 9.10. The summed E-state index contributed by atoms with van der Waals surface area (Å²) in [5.41, 5.74) is 10.0. The first-order valence-electron chi connectivity index (χ1n) is 11.2. The minimum absolute atomic E-state index is 0.0819. The molecule has 158 valence electrons. The van der Waals surface area contributed by atoms with Crippen LogP contribution in [-0.4, -0.2) is 5.78 Å². The van der Waals surface area contributed by atoms with Gasteiger partial charge in [-0.15, -0.1) is 0 Å². The van der Waals surface area contributed by atoms with Crippen LogP contribution in [0, 0.1) is 0 Å². The van der Waals surface area contributed by atoms with Crippen molar-refractivity contribution in [3.63, 3.8) is 0 Å². The SMILES string of the molecule is CC(=O)c1cccc(-c2cccc(-c3cccc(-c4cccc(-c5ccccc5)c4)c3)c2)c1. The van der Waals surface area contributed by atoms with E-state index in [0.717, 1.165) is 22.3 Å². The van der Waals surface area contributed by atoms with E-state index in [9.17, 15) is 4.79 Å². The van der Waals surface area contributed by atoms with Gasteiger partial charge in [0.05, 0.1) is 0 Å². The molecular weight excluding hydrogens is 400 g/mol. The van der Waals surface area contributed by atoms with Crippen LogP contribution < -0.4 is 0 Å². The Kier molecular flexibility index (Phi) is 5.70. The third-order valence-corrected chi connectivity index (χ3v) is 5.96. The summed E-state index contributed by atoms with van der Waals surface area (Å²) in [4.78, 5) is 11.8. The van der Waals surface area contributed by atoms with Crippen molar-refractivity contribution in [3.8, 4) is 44.5 Å². The molecule has 0 spiro atoms. The smallest absolute Gasteiger partial charge is 0.159 e. The molecule has 0 saturated carbocycles. The van der Waals surface area contributed by atoms with Gasteiger partial charge in [0, 0.05) is 5.56 Å². The van der Waals surface area contributed by atoms with E-state index in [-0.39, 0.29) is 5.78 Å². The molecule has 0 N–H and O–H groups in total. The van der Waals surface area contributed by atoms with E-state index in [2.05, 4.69) is 103 Å². The average molecular weight is 425 g/mol. The summed E-state index contributed by atoms with van der Waals surface area (Å²) in [7, 11) is 0. The maximum atomic E-state index is 11.8. The normalized spacial score (nSPS) is 10.7. The van der Waals surface area contributed by atoms with Gasteiger partial charge < -0.3 is 0 Å². The Morgan fingerprint density at radius 1 is 0.394 bits per heavy atom. The molecule has 0 amide bonds. The Balaban J connectivity index is 1.50. The van der Waals surface area contributed by atoms with Crippen LogP contribution in [0.1, 0.15) is 17.3 Å². The maximum Gasteiger partial charge on any atom is 0.159 e. The number of hydrogen-bond acceptors (Lipinski definition) is 1. The van der Waals surface area contributed by atoms with Gasteiger partial charge in [0.2, 0.25) is 0 Å². The van der Waals surface area contributed by atoms with Crippen LogP contribution in [0.25, 0.3) is 44.5 Å². The van der Waals surface area contributed by atoms with Gasteiger partial charge in [-0.05, 0) is 75.7 Å². The third kappa shape index (κ3) is 4.53. The zero-order valence-corrected chi connectivity index (χ0v) is 18.5. The lowest BCUT2D eigenvalue weighted by atomic mass is 9.94. The second-order valence-electron chi connectivity index (χ2n) is 8.25. The first-order chi connectivity index (χ1) is 16.2. The molecule has 0 heterocycles. The zero-order chi connectivity index (χ0) is 22.6. The monoisotopic (exact) mass is 424 g/mol. The molecule has 1 nitrogen and oxygen atoms in total. The Morgan fingerprint density at radius 2 is 0.727 bits per heavy atom. The van der Waals surface area contributed by atoms with Crippen molar-refractivity contribution in [2.45, 2.75) is 6.92 Å². The molecule has 0 aromatic heterocycles. The number of carbonyl (C=O) groups is 1. The highest BCUT2D eigenvalue weighted by molar-refractivity contribution is 5.95. The number of Topliss-reactive ketones (excluding diaryl/α,β-unsaturated/α-hetero) is 1. The van der Waals surface area contributed by atoms with Gasteiger partial charge in [0.25, 0.3) is 0 Å². The standard InChI is InChI=1S/C32H24O/c1-23(33)25-11-5-13-27(19-25)29-15-7-17-31(21-29)32-18-8-16-30(22-32)28-14-6-12-26(20-28)24-9-3-2-4-10-24/h2-22H,1H3. The molecule has 0 aliphatic carbocycles. The number of hydrogen-bond donors (Lipinski definition) is 0. The topological polar surface area (TPSA) is 17.1 Å². The fourth-order valence-electron chi connectivity index (χ4n) is 4.18. The zero-order valence-electron chi connectivity index (χ0n) is 18.5. The van der Waals surface area contributed by atoms with E-state index in [0.29, 0.717) is 0 Å². The molecule has 0 atom stereocenters. The Morgan fingerprint density at radius 3 is 1.15 bits per heavy atom. The molecule has 33 heavy (non-hydrogen) atoms. The molecule has 5 aromatic rings. The lowest BCUT2D eigenvalue weighted by molar-refractivity contribution is 0.101. The predicted molar refractivity (Wildman–Crippen MR) is 138 cm³/mol. The summed E-state index contributed by atoms with van der Waals surface area (Å²) in [5.74, 6) is 0.0819. The Labute approximate surface area is 195 Å². The molecule has 0 radical (unpaired) electrons. The minimum Gasteiger partial charge on any atom is -0.295 e. The summed E-state index contributed by atoms with van der Waals surface area (Å²) in [6, 6.07) is 44.1. The second-order valence-corrected chi connectivity index (χ2v) is 8.25. The molecular formula is C32H24O. The van der Waals surface area contributed by atoms with Crippen LogP contribution >= 0.6 is 0 Å². The first-order valence-corrected chi connectivity index (χ1v) is 11.2. The molecule has 5 aromatic carbocycles. The molecule has 0 aliphatic heterocycles. The average Bonchev–Trinajstić information content (AvgIpc) is 2.89. The van der Waals surface area contributed by atoms with Crippen molar-refractivity contribution in [1.29, 1.82) is 0 Å². The van der Waals surface area contributed by atoms with Crippen LogP contribution in [-0.2, 0) is 0 Å². The Hall–Kier alpha value is -4.23. The van der Waals surface area contributed by atoms with Crippen molar-refractivity contribution in [2.75, 3.05) is 0 Å². The highest BCUT2D eigenvalue weighted by atomic mass is 16.1. The molecule has 0 bridgehead atoms. The maximum absolute atomic E-state index is 11.8. The largest absolute Gasteiger partial charge is 0.295 e. The van der Waals surface area contributed by atoms with Gasteiger partial charge in [-0.2, -0.15) is 0 Å². The summed E-state index contributed by atoms with van der Waals surface area (Å²) < 4.78 is 0. The third-order valence-electron chi connectivity index (χ3n) is 5.96. The molecule has 5 rings (SSSR count). The van der Waals surface area contributed by atoms with E-state index in [1.54, 1.807) is 6.92 Å². The van der Waals surface area contributed by atoms with Crippen LogP contribution in [0.4, 0.5) is 0 Å². The minimum atomic E-state index is 0.0819. The van der Waals surface area contributed by atoms with Gasteiger partial charge >= 0.3 is 0 Å². The fraction of sp³-hybridized carbons (Fsp3) is 0.0312. The molecule has 0 unspecified atom stereocenters. The van der Waals surface area contributed by atoms with E-state index >= 15 is 0 Å². The van der Waals surface area contributed by atoms with Gasteiger partial charge in [-0.1, -0.05) is 103 Å². The molecule has 0 aliphatic rings. The summed E-state index contributed by atoms with van der Waals surface area (Å²) in [6.45, 7) is 1.60. The van der Waals surface area contributed by atoms with E-state index < -0.39 is 0 Å². The van der Waals surface area contributed by atoms with Gasteiger partial charge in [0.15, 0.2) is 5.78 Å². The summed E-state index contributed by atoms with van der Waals surface area (Å²) >= 11 is 0. The van der Waals surface area contributed by atoms with Crippen molar-refractivity contribution in [2.24, 2.45) is 0 Å². The molecule has 0 saturated heterocycles. The molecule has 1 heteroatoms. The number of benzene rings is 5. The van der Waals surface area contributed by atoms with Crippen molar-refractivity contribution in [3.05, 3.63) is 133 Å². The van der Waals surface area contributed by atoms with Gasteiger partial charge in [-0.3, -0.25) is 4.79 Å². The van der Waals surface area contributed by atoms with Crippen LogP contribution in [0.2, 0.25) is 0 Å². The van der Waals surface area contributed by atoms with Gasteiger partial charge in [0.1, 0.15) is 0 Å². The van der Waals surface area contributed by atoms with E-state index in [4.69, 9.17) is 0 Å². The first kappa shape index (κ1) is 20.7. The Bertz CT molecular complexity index is 1430. The van der Waals surface area contributed by atoms with Crippen LogP contribution in [0.15, 0.2) is 127 Å². The van der Waals surface area contributed by atoms with Crippen LogP contribution in [0.5, 0.6) is 0 Å². The summed E-state index contributed by atoms with van der Waals surface area (Å²) in [6.07, 6.45) is 0. The summed E-state index contributed by atoms with van der Waals surface area (Å²) in [5, 5.41) is 0. The van der Waals surface area contributed by atoms with Gasteiger partial charge in [-0.25, -0.2) is 0 Å². The van der Waals surface area contributed by atoms with Crippen molar-refractivity contribution < 1.29 is 4.79 Å². The van der Waals surface area contributed by atoms with Crippen molar-refractivity contribution in [1.82, 2.24) is 0 Å². The molecule has 0 fully saturated rings.